The topological polar surface area (TPSA) is 58.6 Å². The Morgan fingerprint density at radius 2 is 1.56 bits per heavy atom. The Morgan fingerprint density at radius 3 is 2.16 bits per heavy atom. The Hall–Kier alpha value is -3.86. The molecule has 0 aliphatic carbocycles. The summed E-state index contributed by atoms with van der Waals surface area (Å²) in [5, 5.41) is 3.22. The molecule has 0 aromatic heterocycles. The van der Waals surface area contributed by atoms with Gasteiger partial charge in [0, 0.05) is 5.69 Å². The lowest BCUT2D eigenvalue weighted by Gasteiger charge is -2.18. The Balaban J connectivity index is 1.80. The summed E-state index contributed by atoms with van der Waals surface area (Å²) in [6.45, 7) is 5.98. The van der Waals surface area contributed by atoms with Crippen LogP contribution in [0.3, 0.4) is 0 Å². The highest BCUT2D eigenvalue weighted by molar-refractivity contribution is 6.46. The van der Waals surface area contributed by atoms with Crippen LogP contribution in [0.25, 0.3) is 5.57 Å². The summed E-state index contributed by atoms with van der Waals surface area (Å²) in [6, 6.07) is 20.7. The molecule has 0 bridgehead atoms. The SMILES string of the molecule is CCc1ccc(NC2=C(c3ccc(OC)cc3)C(=O)N(c3ccc(C)cc3C)C2=O)cc1. The molecule has 0 unspecified atom stereocenters. The minimum atomic E-state index is -0.368. The first-order valence-electron chi connectivity index (χ1n) is 10.6. The van der Waals surface area contributed by atoms with E-state index in [0.29, 0.717) is 22.6 Å². The van der Waals surface area contributed by atoms with Crippen LogP contribution >= 0.6 is 0 Å². The lowest BCUT2D eigenvalue weighted by Crippen LogP contribution is -2.33. The summed E-state index contributed by atoms with van der Waals surface area (Å²) >= 11 is 0. The highest BCUT2D eigenvalue weighted by Gasteiger charge is 2.40. The smallest absolute Gasteiger partial charge is 0.282 e. The van der Waals surface area contributed by atoms with Gasteiger partial charge in [-0.15, -0.1) is 0 Å². The third-order valence-corrected chi connectivity index (χ3v) is 5.69. The van der Waals surface area contributed by atoms with E-state index in [9.17, 15) is 9.59 Å². The first-order chi connectivity index (χ1) is 15.4. The largest absolute Gasteiger partial charge is 0.497 e. The molecular weight excluding hydrogens is 400 g/mol. The van der Waals surface area contributed by atoms with Gasteiger partial charge in [-0.05, 0) is 67.3 Å². The minimum absolute atomic E-state index is 0.268. The van der Waals surface area contributed by atoms with Gasteiger partial charge >= 0.3 is 0 Å². The van der Waals surface area contributed by atoms with E-state index in [1.165, 1.54) is 10.5 Å². The van der Waals surface area contributed by atoms with Gasteiger partial charge in [-0.1, -0.05) is 48.9 Å². The van der Waals surface area contributed by atoms with Crippen LogP contribution in [0.4, 0.5) is 11.4 Å². The molecule has 5 nitrogen and oxygen atoms in total. The number of amides is 2. The number of hydrogen-bond acceptors (Lipinski definition) is 4. The van der Waals surface area contributed by atoms with Crippen molar-refractivity contribution in [3.8, 4) is 5.75 Å². The lowest BCUT2D eigenvalue weighted by atomic mass is 10.0. The third kappa shape index (κ3) is 3.89. The molecule has 2 amide bonds. The van der Waals surface area contributed by atoms with Crippen LogP contribution in [0.2, 0.25) is 0 Å². The highest BCUT2D eigenvalue weighted by Crippen LogP contribution is 2.35. The molecule has 0 atom stereocenters. The number of benzene rings is 3. The fourth-order valence-electron chi connectivity index (χ4n) is 3.91. The van der Waals surface area contributed by atoms with Crippen molar-refractivity contribution < 1.29 is 14.3 Å². The summed E-state index contributed by atoms with van der Waals surface area (Å²) in [7, 11) is 1.59. The standard InChI is InChI=1S/C27H26N2O3/c1-5-19-7-11-21(12-8-19)28-25-24(20-9-13-22(32-4)14-10-20)26(30)29(27(25)31)23-15-6-17(2)16-18(23)3/h6-16,28H,5H2,1-4H3. The third-order valence-electron chi connectivity index (χ3n) is 5.69. The minimum Gasteiger partial charge on any atom is -0.497 e. The monoisotopic (exact) mass is 426 g/mol. The molecular formula is C27H26N2O3. The van der Waals surface area contributed by atoms with E-state index in [1.807, 2.05) is 56.3 Å². The fourth-order valence-corrected chi connectivity index (χ4v) is 3.91. The van der Waals surface area contributed by atoms with Gasteiger partial charge in [0.05, 0.1) is 18.4 Å². The number of hydrogen-bond donors (Lipinski definition) is 1. The van der Waals surface area contributed by atoms with E-state index in [2.05, 4.69) is 12.2 Å². The number of methoxy groups -OCH3 is 1. The molecule has 0 saturated heterocycles. The van der Waals surface area contributed by atoms with Crippen LogP contribution in [0, 0.1) is 13.8 Å². The van der Waals surface area contributed by atoms with Crippen LogP contribution in [0.15, 0.2) is 72.4 Å². The Kier molecular flexibility index (Phi) is 5.82. The Labute approximate surface area is 188 Å². The number of imide groups is 1. The van der Waals surface area contributed by atoms with Crippen molar-refractivity contribution in [2.24, 2.45) is 0 Å². The predicted octanol–water partition coefficient (Wildman–Crippen LogP) is 5.27. The quantitative estimate of drug-likeness (QED) is 0.546. The molecule has 0 spiro atoms. The average molecular weight is 427 g/mol. The van der Waals surface area contributed by atoms with Crippen molar-refractivity contribution in [2.45, 2.75) is 27.2 Å². The molecule has 0 fully saturated rings. The lowest BCUT2D eigenvalue weighted by molar-refractivity contribution is -0.120. The Morgan fingerprint density at radius 1 is 0.875 bits per heavy atom. The molecule has 4 rings (SSSR count). The second-order valence-corrected chi connectivity index (χ2v) is 7.89. The van der Waals surface area contributed by atoms with Crippen molar-refractivity contribution in [2.75, 3.05) is 17.3 Å². The van der Waals surface area contributed by atoms with Gasteiger partial charge < -0.3 is 10.1 Å². The molecule has 1 aliphatic heterocycles. The van der Waals surface area contributed by atoms with Gasteiger partial charge in [-0.2, -0.15) is 0 Å². The number of carbonyl (C=O) groups is 2. The number of nitrogens with zero attached hydrogens (tertiary/aromatic N) is 1. The zero-order chi connectivity index (χ0) is 22.8. The Bertz CT molecular complexity index is 1210. The molecule has 32 heavy (non-hydrogen) atoms. The van der Waals surface area contributed by atoms with Crippen LogP contribution < -0.4 is 15.0 Å². The van der Waals surface area contributed by atoms with Crippen molar-refractivity contribution in [1.82, 2.24) is 0 Å². The summed E-state index contributed by atoms with van der Waals surface area (Å²) in [5.74, 6) is -0.0332. The predicted molar refractivity (Wildman–Crippen MR) is 128 cm³/mol. The average Bonchev–Trinajstić information content (AvgIpc) is 3.04. The number of carbonyl (C=O) groups excluding carboxylic acids is 2. The fraction of sp³-hybridized carbons (Fsp3) is 0.185. The molecule has 0 radical (unpaired) electrons. The van der Waals surface area contributed by atoms with Crippen molar-refractivity contribution in [3.63, 3.8) is 0 Å². The molecule has 3 aromatic rings. The van der Waals surface area contributed by atoms with Gasteiger partial charge in [-0.25, -0.2) is 4.90 Å². The van der Waals surface area contributed by atoms with Crippen LogP contribution in [-0.2, 0) is 16.0 Å². The normalized spacial score (nSPS) is 13.7. The number of rotatable bonds is 6. The zero-order valence-electron chi connectivity index (χ0n) is 18.7. The van der Waals surface area contributed by atoms with Crippen molar-refractivity contribution >= 4 is 28.8 Å². The molecule has 3 aromatic carbocycles. The van der Waals surface area contributed by atoms with Crippen molar-refractivity contribution in [1.29, 1.82) is 0 Å². The number of aryl methyl sites for hydroxylation is 3. The van der Waals surface area contributed by atoms with Gasteiger partial charge in [0.15, 0.2) is 0 Å². The van der Waals surface area contributed by atoms with Crippen molar-refractivity contribution in [3.05, 3.63) is 94.7 Å². The van der Waals surface area contributed by atoms with E-state index >= 15 is 0 Å². The van der Waals surface area contributed by atoms with Crippen LogP contribution in [-0.4, -0.2) is 18.9 Å². The van der Waals surface area contributed by atoms with Gasteiger partial charge in [0.25, 0.3) is 11.8 Å². The van der Waals surface area contributed by atoms with E-state index in [0.717, 1.165) is 23.2 Å². The molecule has 162 valence electrons. The van der Waals surface area contributed by atoms with Gasteiger partial charge in [-0.3, -0.25) is 9.59 Å². The summed E-state index contributed by atoms with van der Waals surface area (Å²) in [6.07, 6.45) is 0.929. The second kappa shape index (κ2) is 8.71. The second-order valence-electron chi connectivity index (χ2n) is 7.89. The molecule has 5 heteroatoms. The maximum absolute atomic E-state index is 13.6. The van der Waals surface area contributed by atoms with E-state index in [4.69, 9.17) is 4.74 Å². The molecule has 1 N–H and O–H groups in total. The van der Waals surface area contributed by atoms with Gasteiger partial charge in [0.2, 0.25) is 0 Å². The number of ether oxygens (including phenoxy) is 1. The molecule has 1 aliphatic rings. The van der Waals surface area contributed by atoms with E-state index in [-0.39, 0.29) is 17.5 Å². The zero-order valence-corrected chi connectivity index (χ0v) is 18.7. The molecule has 0 saturated carbocycles. The summed E-state index contributed by atoms with van der Waals surface area (Å²) in [5.41, 5.74) is 5.76. The van der Waals surface area contributed by atoms with Crippen LogP contribution in [0.1, 0.15) is 29.2 Å². The molecule has 1 heterocycles. The maximum Gasteiger partial charge on any atom is 0.282 e. The summed E-state index contributed by atoms with van der Waals surface area (Å²) in [4.78, 5) is 28.4. The highest BCUT2D eigenvalue weighted by atomic mass is 16.5. The first kappa shape index (κ1) is 21.4. The van der Waals surface area contributed by atoms with E-state index < -0.39 is 0 Å². The number of anilines is 2. The number of nitrogens with one attached hydrogen (secondary N) is 1. The maximum atomic E-state index is 13.6. The van der Waals surface area contributed by atoms with Gasteiger partial charge in [0.1, 0.15) is 11.4 Å². The first-order valence-corrected chi connectivity index (χ1v) is 10.6. The summed E-state index contributed by atoms with van der Waals surface area (Å²) < 4.78 is 5.25. The van der Waals surface area contributed by atoms with E-state index in [1.54, 1.807) is 31.4 Å². The van der Waals surface area contributed by atoms with Crippen LogP contribution in [0.5, 0.6) is 5.75 Å².